The Morgan fingerprint density at radius 1 is 1.00 bits per heavy atom. The van der Waals surface area contributed by atoms with E-state index in [2.05, 4.69) is 16.6 Å². The van der Waals surface area contributed by atoms with Crippen molar-refractivity contribution in [2.45, 2.75) is 37.4 Å². The molecule has 5 rings (SSSR count). The quantitative estimate of drug-likeness (QED) is 0.214. The number of carbonyl (C=O) groups excluding carboxylic acids is 1. The first-order chi connectivity index (χ1) is 19.1. The SMILES string of the molecule is C=Cc1cc(OC)c2c(c1)c(=O)oc1c2cc(OC)c2c(O)ccc([C@@H]3O[C@H](C)[C@H](O)[C@H](NC(=O)OC)[C@H]3O)c21. The molecule has 0 spiro atoms. The molecule has 0 unspecified atom stereocenters. The minimum absolute atomic E-state index is 0.0934. The number of amides is 1. The van der Waals surface area contributed by atoms with Gasteiger partial charge < -0.3 is 44.0 Å². The summed E-state index contributed by atoms with van der Waals surface area (Å²) in [4.78, 5) is 25.3. The Morgan fingerprint density at radius 2 is 1.70 bits per heavy atom. The van der Waals surface area contributed by atoms with Crippen LogP contribution >= 0.6 is 0 Å². The number of phenols is 1. The first kappa shape index (κ1) is 27.3. The van der Waals surface area contributed by atoms with Crippen LogP contribution in [0.15, 0.2) is 46.1 Å². The molecule has 1 fully saturated rings. The lowest BCUT2D eigenvalue weighted by Crippen LogP contribution is -2.60. The molecule has 1 aliphatic heterocycles. The molecule has 1 aliphatic rings. The molecular weight excluding hydrogens is 522 g/mol. The Morgan fingerprint density at radius 3 is 2.35 bits per heavy atom. The van der Waals surface area contributed by atoms with Crippen molar-refractivity contribution in [2.75, 3.05) is 21.3 Å². The molecule has 5 atom stereocenters. The molecule has 40 heavy (non-hydrogen) atoms. The number of nitrogens with one attached hydrogen (secondary N) is 1. The number of fused-ring (bicyclic) bond motifs is 5. The van der Waals surface area contributed by atoms with Gasteiger partial charge in [-0.1, -0.05) is 18.7 Å². The van der Waals surface area contributed by atoms with Crippen molar-refractivity contribution in [1.29, 1.82) is 0 Å². The van der Waals surface area contributed by atoms with E-state index in [0.29, 0.717) is 27.6 Å². The summed E-state index contributed by atoms with van der Waals surface area (Å²) in [6.07, 6.45) is -3.95. The van der Waals surface area contributed by atoms with Crippen molar-refractivity contribution in [1.82, 2.24) is 5.32 Å². The molecule has 0 radical (unpaired) electrons. The number of aromatic hydroxyl groups is 1. The van der Waals surface area contributed by atoms with Crippen LogP contribution < -0.4 is 20.4 Å². The highest BCUT2D eigenvalue weighted by molar-refractivity contribution is 6.19. The van der Waals surface area contributed by atoms with Gasteiger partial charge >= 0.3 is 11.7 Å². The molecule has 0 saturated carbocycles. The summed E-state index contributed by atoms with van der Waals surface area (Å²) >= 11 is 0. The van der Waals surface area contributed by atoms with Crippen molar-refractivity contribution in [3.63, 3.8) is 0 Å². The van der Waals surface area contributed by atoms with Gasteiger partial charge in [0.2, 0.25) is 0 Å². The van der Waals surface area contributed by atoms with Crippen LogP contribution in [0.1, 0.15) is 24.2 Å². The lowest BCUT2D eigenvalue weighted by molar-refractivity contribution is -0.179. The molecule has 4 aromatic rings. The number of carbonyl (C=O) groups is 1. The zero-order chi connectivity index (χ0) is 28.9. The number of aliphatic hydroxyl groups is 2. The maximum Gasteiger partial charge on any atom is 0.407 e. The third-order valence-corrected chi connectivity index (χ3v) is 7.36. The average Bonchev–Trinajstić information content (AvgIpc) is 2.96. The maximum absolute atomic E-state index is 13.3. The van der Waals surface area contributed by atoms with E-state index in [-0.39, 0.29) is 33.2 Å². The minimum atomic E-state index is -1.46. The van der Waals surface area contributed by atoms with Crippen molar-refractivity contribution in [3.8, 4) is 17.2 Å². The second-order valence-electron chi connectivity index (χ2n) is 9.52. The molecular formula is C29H29NO10. The second kappa shape index (κ2) is 10.3. The topological polar surface area (TPSA) is 157 Å². The van der Waals surface area contributed by atoms with Gasteiger partial charge in [-0.25, -0.2) is 9.59 Å². The van der Waals surface area contributed by atoms with Crippen LogP contribution in [0.5, 0.6) is 17.2 Å². The third kappa shape index (κ3) is 4.19. The first-order valence-electron chi connectivity index (χ1n) is 12.4. The van der Waals surface area contributed by atoms with Gasteiger partial charge in [0, 0.05) is 16.2 Å². The standard InChI is InChI=1S/C29H29NO10/c1-6-13-9-16-20(18(10-13)36-3)15-11-19(37-4)22-17(31)8-7-14(21(22)26(15)40-28(16)34)27-25(33)23(30-29(35)38-5)24(32)12(2)39-27/h6-12,23-25,27,31-33H,1H2,2-5H3,(H,30,35)/t12-,23+,24+,25-,27+/m1/s1. The Balaban J connectivity index is 1.88. The Hall–Kier alpha value is -4.32. The van der Waals surface area contributed by atoms with Crippen LogP contribution in [0.25, 0.3) is 38.6 Å². The molecule has 1 amide bonds. The summed E-state index contributed by atoms with van der Waals surface area (Å²) in [6, 6.07) is 6.76. The second-order valence-corrected chi connectivity index (χ2v) is 9.52. The summed E-state index contributed by atoms with van der Waals surface area (Å²) in [5.74, 6) is 0.479. The number of benzene rings is 3. The van der Waals surface area contributed by atoms with Gasteiger partial charge in [0.1, 0.15) is 41.1 Å². The van der Waals surface area contributed by atoms with E-state index in [4.69, 9.17) is 18.6 Å². The van der Waals surface area contributed by atoms with E-state index in [1.165, 1.54) is 33.5 Å². The molecule has 4 N–H and O–H groups in total. The van der Waals surface area contributed by atoms with E-state index in [0.717, 1.165) is 0 Å². The van der Waals surface area contributed by atoms with Gasteiger partial charge in [-0.05, 0) is 42.3 Å². The lowest BCUT2D eigenvalue weighted by atomic mass is 9.86. The number of aliphatic hydroxyl groups excluding tert-OH is 2. The molecule has 1 saturated heterocycles. The monoisotopic (exact) mass is 551 g/mol. The third-order valence-electron chi connectivity index (χ3n) is 7.36. The zero-order valence-corrected chi connectivity index (χ0v) is 22.3. The molecule has 0 aliphatic carbocycles. The van der Waals surface area contributed by atoms with Gasteiger partial charge in [0.05, 0.1) is 44.2 Å². The van der Waals surface area contributed by atoms with Gasteiger partial charge in [-0.2, -0.15) is 0 Å². The summed E-state index contributed by atoms with van der Waals surface area (Å²) in [6.45, 7) is 5.36. The number of hydrogen-bond donors (Lipinski definition) is 4. The van der Waals surface area contributed by atoms with Crippen LogP contribution in [0.2, 0.25) is 0 Å². The summed E-state index contributed by atoms with van der Waals surface area (Å²) < 4.78 is 27.9. The molecule has 11 heteroatoms. The molecule has 0 bridgehead atoms. The molecule has 3 aromatic carbocycles. The molecule has 1 aromatic heterocycles. The number of ether oxygens (including phenoxy) is 4. The zero-order valence-electron chi connectivity index (χ0n) is 22.3. The van der Waals surface area contributed by atoms with E-state index in [1.54, 1.807) is 31.2 Å². The normalized spacial score (nSPS) is 22.8. The minimum Gasteiger partial charge on any atom is -0.507 e. The predicted octanol–water partition coefficient (Wildman–Crippen LogP) is 3.37. The first-order valence-corrected chi connectivity index (χ1v) is 12.4. The number of rotatable bonds is 5. The molecule has 2 heterocycles. The van der Waals surface area contributed by atoms with Crippen LogP contribution in [0, 0.1) is 0 Å². The number of alkyl carbamates (subject to hydrolysis) is 1. The van der Waals surface area contributed by atoms with E-state index < -0.39 is 42.2 Å². The lowest BCUT2D eigenvalue weighted by Gasteiger charge is -2.42. The van der Waals surface area contributed by atoms with E-state index in [1.807, 2.05) is 0 Å². The highest BCUT2D eigenvalue weighted by Crippen LogP contribution is 2.47. The van der Waals surface area contributed by atoms with Gasteiger partial charge in [0.15, 0.2) is 0 Å². The molecule has 11 nitrogen and oxygen atoms in total. The fourth-order valence-corrected chi connectivity index (χ4v) is 5.39. The maximum atomic E-state index is 13.3. The summed E-state index contributed by atoms with van der Waals surface area (Å²) in [5, 5.41) is 37.0. The van der Waals surface area contributed by atoms with Crippen molar-refractivity contribution < 1.29 is 43.5 Å². The van der Waals surface area contributed by atoms with Crippen molar-refractivity contribution in [3.05, 3.63) is 58.5 Å². The Labute approximate surface area is 228 Å². The van der Waals surface area contributed by atoms with E-state index in [9.17, 15) is 24.9 Å². The van der Waals surface area contributed by atoms with Gasteiger partial charge in [-0.3, -0.25) is 0 Å². The number of phenolic OH excluding ortho intramolecular Hbond substituents is 1. The van der Waals surface area contributed by atoms with Crippen LogP contribution in [0.4, 0.5) is 4.79 Å². The predicted molar refractivity (Wildman–Crippen MR) is 147 cm³/mol. The number of methoxy groups -OCH3 is 3. The Kier molecular flexibility index (Phi) is 7.05. The fraction of sp³-hybridized carbons (Fsp3) is 0.310. The summed E-state index contributed by atoms with van der Waals surface area (Å²) in [7, 11) is 4.08. The smallest absolute Gasteiger partial charge is 0.407 e. The summed E-state index contributed by atoms with van der Waals surface area (Å²) in [5.41, 5.74) is 0.404. The van der Waals surface area contributed by atoms with Crippen LogP contribution in [-0.2, 0) is 9.47 Å². The fourth-order valence-electron chi connectivity index (χ4n) is 5.39. The van der Waals surface area contributed by atoms with E-state index >= 15 is 0 Å². The largest absolute Gasteiger partial charge is 0.507 e. The highest BCUT2D eigenvalue weighted by atomic mass is 16.5. The molecule has 210 valence electrons. The van der Waals surface area contributed by atoms with Crippen LogP contribution in [0.3, 0.4) is 0 Å². The highest BCUT2D eigenvalue weighted by Gasteiger charge is 2.45. The van der Waals surface area contributed by atoms with Gasteiger partial charge in [0.25, 0.3) is 0 Å². The average molecular weight is 552 g/mol. The Bertz CT molecular complexity index is 1710. The van der Waals surface area contributed by atoms with Crippen LogP contribution in [-0.4, -0.2) is 67.1 Å². The van der Waals surface area contributed by atoms with Gasteiger partial charge in [-0.15, -0.1) is 0 Å². The van der Waals surface area contributed by atoms with Crippen molar-refractivity contribution in [2.24, 2.45) is 0 Å². The van der Waals surface area contributed by atoms with Crippen molar-refractivity contribution >= 4 is 44.7 Å². The number of hydrogen-bond acceptors (Lipinski definition) is 10.